The maximum atomic E-state index is 13.7. The fourth-order valence-corrected chi connectivity index (χ4v) is 1.76. The molecule has 1 unspecified atom stereocenters. The third-order valence-corrected chi connectivity index (χ3v) is 2.60. The Bertz CT molecular complexity index is 524. The number of halogens is 2. The van der Waals surface area contributed by atoms with E-state index >= 15 is 0 Å². The molecular formula is C11H12F2N4. The number of rotatable bonds is 3. The number of nitrogens with one attached hydrogen (secondary N) is 1. The van der Waals surface area contributed by atoms with Crippen LogP contribution in [-0.4, -0.2) is 22.0 Å². The summed E-state index contributed by atoms with van der Waals surface area (Å²) >= 11 is 0. The van der Waals surface area contributed by atoms with Gasteiger partial charge in [0.25, 0.3) is 0 Å². The van der Waals surface area contributed by atoms with Gasteiger partial charge in [-0.1, -0.05) is 5.21 Å². The largest absolute Gasteiger partial charge is 0.308 e. The van der Waals surface area contributed by atoms with Gasteiger partial charge in [0.05, 0.1) is 17.9 Å². The van der Waals surface area contributed by atoms with Gasteiger partial charge in [-0.05, 0) is 25.2 Å². The van der Waals surface area contributed by atoms with E-state index in [0.29, 0.717) is 5.69 Å². The molecular weight excluding hydrogens is 226 g/mol. The van der Waals surface area contributed by atoms with E-state index < -0.39 is 17.7 Å². The molecule has 0 aliphatic carbocycles. The van der Waals surface area contributed by atoms with Crippen LogP contribution in [0.25, 0.3) is 0 Å². The van der Waals surface area contributed by atoms with Crippen LogP contribution in [0.3, 0.4) is 0 Å². The summed E-state index contributed by atoms with van der Waals surface area (Å²) in [7, 11) is 3.37. The minimum atomic E-state index is -0.481. The van der Waals surface area contributed by atoms with Crippen LogP contribution in [0.5, 0.6) is 0 Å². The maximum absolute atomic E-state index is 13.7. The molecule has 6 heteroatoms. The summed E-state index contributed by atoms with van der Waals surface area (Å²) in [5.41, 5.74) is 0.898. The van der Waals surface area contributed by atoms with Gasteiger partial charge in [-0.15, -0.1) is 5.10 Å². The van der Waals surface area contributed by atoms with E-state index in [1.165, 1.54) is 16.9 Å². The predicted octanol–water partition coefficient (Wildman–Crippen LogP) is 1.40. The third kappa shape index (κ3) is 2.16. The Hall–Kier alpha value is -1.82. The van der Waals surface area contributed by atoms with Crippen LogP contribution < -0.4 is 5.32 Å². The van der Waals surface area contributed by atoms with Crippen LogP contribution in [-0.2, 0) is 7.05 Å². The topological polar surface area (TPSA) is 42.7 Å². The van der Waals surface area contributed by atoms with E-state index in [-0.39, 0.29) is 5.56 Å². The molecule has 0 saturated carbocycles. The first-order chi connectivity index (χ1) is 8.13. The number of aromatic nitrogens is 3. The van der Waals surface area contributed by atoms with Crippen molar-refractivity contribution >= 4 is 0 Å². The third-order valence-electron chi connectivity index (χ3n) is 2.60. The van der Waals surface area contributed by atoms with Crippen molar-refractivity contribution in [3.63, 3.8) is 0 Å². The predicted molar refractivity (Wildman–Crippen MR) is 58.3 cm³/mol. The summed E-state index contributed by atoms with van der Waals surface area (Å²) in [5, 5.41) is 10.4. The zero-order valence-corrected chi connectivity index (χ0v) is 9.48. The van der Waals surface area contributed by atoms with Crippen molar-refractivity contribution in [2.24, 2.45) is 7.05 Å². The molecule has 0 aliphatic rings. The summed E-state index contributed by atoms with van der Waals surface area (Å²) in [4.78, 5) is 0. The maximum Gasteiger partial charge on any atom is 0.128 e. The Labute approximate surface area is 97.3 Å². The van der Waals surface area contributed by atoms with Gasteiger partial charge >= 0.3 is 0 Å². The van der Waals surface area contributed by atoms with Crippen molar-refractivity contribution in [1.29, 1.82) is 0 Å². The fraction of sp³-hybridized carbons (Fsp3) is 0.273. The smallest absolute Gasteiger partial charge is 0.128 e. The normalized spacial score (nSPS) is 12.7. The number of aryl methyl sites for hydroxylation is 1. The van der Waals surface area contributed by atoms with Gasteiger partial charge in [0.2, 0.25) is 0 Å². The minimum absolute atomic E-state index is 0.234. The van der Waals surface area contributed by atoms with Crippen LogP contribution >= 0.6 is 0 Å². The second kappa shape index (κ2) is 4.58. The van der Waals surface area contributed by atoms with Gasteiger partial charge in [0.1, 0.15) is 11.6 Å². The van der Waals surface area contributed by atoms with E-state index in [1.807, 2.05) is 0 Å². The lowest BCUT2D eigenvalue weighted by Crippen LogP contribution is -2.21. The second-order valence-electron chi connectivity index (χ2n) is 3.67. The summed E-state index contributed by atoms with van der Waals surface area (Å²) < 4.78 is 28.3. The summed E-state index contributed by atoms with van der Waals surface area (Å²) in [6, 6.07) is 2.89. The van der Waals surface area contributed by atoms with E-state index in [2.05, 4.69) is 15.6 Å². The van der Waals surface area contributed by atoms with Crippen molar-refractivity contribution in [3.05, 3.63) is 47.3 Å². The summed E-state index contributed by atoms with van der Waals surface area (Å²) in [6.45, 7) is 0. The molecule has 1 heterocycles. The average Bonchev–Trinajstić information content (AvgIpc) is 2.71. The standard InChI is InChI=1S/C11H12F2N4/c1-14-11(10-6-15-16-17(10)2)8-5-7(12)3-4-9(8)13/h3-6,11,14H,1-2H3. The van der Waals surface area contributed by atoms with Gasteiger partial charge in [-0.25, -0.2) is 8.78 Å². The lowest BCUT2D eigenvalue weighted by molar-refractivity contribution is 0.538. The quantitative estimate of drug-likeness (QED) is 0.879. The molecule has 90 valence electrons. The average molecular weight is 238 g/mol. The van der Waals surface area contributed by atoms with E-state index in [0.717, 1.165) is 12.1 Å². The van der Waals surface area contributed by atoms with Crippen molar-refractivity contribution in [2.75, 3.05) is 7.05 Å². The number of nitrogens with zero attached hydrogens (tertiary/aromatic N) is 3. The molecule has 1 atom stereocenters. The monoisotopic (exact) mass is 238 g/mol. The molecule has 0 saturated heterocycles. The number of hydrogen-bond acceptors (Lipinski definition) is 3. The molecule has 4 nitrogen and oxygen atoms in total. The van der Waals surface area contributed by atoms with Crippen LogP contribution in [0.1, 0.15) is 17.3 Å². The molecule has 1 N–H and O–H groups in total. The molecule has 2 aromatic rings. The van der Waals surface area contributed by atoms with Gasteiger partial charge in [-0.3, -0.25) is 4.68 Å². The first kappa shape index (κ1) is 11.7. The number of benzene rings is 1. The molecule has 0 radical (unpaired) electrons. The lowest BCUT2D eigenvalue weighted by Gasteiger charge is -2.16. The van der Waals surface area contributed by atoms with Gasteiger partial charge in [0.15, 0.2) is 0 Å². The van der Waals surface area contributed by atoms with Gasteiger partial charge in [0, 0.05) is 12.6 Å². The first-order valence-electron chi connectivity index (χ1n) is 5.10. The molecule has 0 fully saturated rings. The highest BCUT2D eigenvalue weighted by Crippen LogP contribution is 2.23. The SMILES string of the molecule is CNC(c1cc(F)ccc1F)c1cnnn1C. The Morgan fingerprint density at radius 3 is 2.71 bits per heavy atom. The zero-order valence-electron chi connectivity index (χ0n) is 9.48. The molecule has 1 aromatic heterocycles. The first-order valence-corrected chi connectivity index (χ1v) is 5.10. The number of hydrogen-bond donors (Lipinski definition) is 1. The Morgan fingerprint density at radius 2 is 2.12 bits per heavy atom. The van der Waals surface area contributed by atoms with Crippen molar-refractivity contribution in [1.82, 2.24) is 20.3 Å². The molecule has 17 heavy (non-hydrogen) atoms. The molecule has 0 aliphatic heterocycles. The lowest BCUT2D eigenvalue weighted by atomic mass is 10.0. The zero-order chi connectivity index (χ0) is 12.4. The molecule has 0 spiro atoms. The highest BCUT2D eigenvalue weighted by Gasteiger charge is 2.20. The van der Waals surface area contributed by atoms with Crippen LogP contribution in [0.15, 0.2) is 24.4 Å². The van der Waals surface area contributed by atoms with Crippen molar-refractivity contribution < 1.29 is 8.78 Å². The molecule has 0 bridgehead atoms. The fourth-order valence-electron chi connectivity index (χ4n) is 1.76. The summed E-state index contributed by atoms with van der Waals surface area (Å²) in [6.07, 6.45) is 1.52. The van der Waals surface area contributed by atoms with Crippen LogP contribution in [0.2, 0.25) is 0 Å². The molecule has 1 aromatic carbocycles. The van der Waals surface area contributed by atoms with Crippen LogP contribution in [0.4, 0.5) is 8.78 Å². The highest BCUT2D eigenvalue weighted by molar-refractivity contribution is 5.28. The molecule has 0 amide bonds. The van der Waals surface area contributed by atoms with E-state index in [4.69, 9.17) is 0 Å². The van der Waals surface area contributed by atoms with E-state index in [9.17, 15) is 8.78 Å². The Kier molecular flexibility index (Phi) is 3.14. The van der Waals surface area contributed by atoms with Crippen molar-refractivity contribution in [2.45, 2.75) is 6.04 Å². The van der Waals surface area contributed by atoms with Crippen LogP contribution in [0, 0.1) is 11.6 Å². The highest BCUT2D eigenvalue weighted by atomic mass is 19.1. The van der Waals surface area contributed by atoms with E-state index in [1.54, 1.807) is 14.1 Å². The second-order valence-corrected chi connectivity index (χ2v) is 3.67. The summed E-state index contributed by atoms with van der Waals surface area (Å²) in [5.74, 6) is -0.941. The Morgan fingerprint density at radius 1 is 1.35 bits per heavy atom. The minimum Gasteiger partial charge on any atom is -0.308 e. The van der Waals surface area contributed by atoms with Gasteiger partial charge < -0.3 is 5.32 Å². The molecule has 2 rings (SSSR count). The van der Waals surface area contributed by atoms with Gasteiger partial charge in [-0.2, -0.15) is 0 Å². The van der Waals surface area contributed by atoms with Crippen molar-refractivity contribution in [3.8, 4) is 0 Å². The Balaban J connectivity index is 2.49.